The highest BCUT2D eigenvalue weighted by Gasteiger charge is 2.39. The highest BCUT2D eigenvalue weighted by atomic mass is 32.2. The number of thioether (sulfide) groups is 1. The number of carbonyl (C=O) groups excluding carboxylic acids is 2. The molecule has 7 heteroatoms. The maximum Gasteiger partial charge on any atom is 0.305 e. The van der Waals surface area contributed by atoms with Crippen molar-refractivity contribution >= 4 is 23.5 Å². The fraction of sp³-hybridized carbons (Fsp3) is 0.560. The van der Waals surface area contributed by atoms with Crippen LogP contribution in [-0.2, 0) is 32.1 Å². The molecule has 6 nitrogen and oxygen atoms in total. The fourth-order valence-corrected chi connectivity index (χ4v) is 4.96. The van der Waals surface area contributed by atoms with E-state index in [9.17, 15) is 19.8 Å². The van der Waals surface area contributed by atoms with Gasteiger partial charge in [0.1, 0.15) is 5.78 Å². The van der Waals surface area contributed by atoms with Crippen LogP contribution >= 0.6 is 11.8 Å². The molecule has 0 amide bonds. The van der Waals surface area contributed by atoms with Crippen LogP contribution < -0.4 is 0 Å². The Kier molecular flexibility index (Phi) is 12.0. The first-order valence-corrected chi connectivity index (χ1v) is 12.3. The number of carbonyl (C=O) groups is 2. The molecule has 1 aliphatic carbocycles. The van der Waals surface area contributed by atoms with Crippen molar-refractivity contribution < 1.29 is 29.3 Å². The molecular weight excluding hydrogens is 428 g/mol. The van der Waals surface area contributed by atoms with Gasteiger partial charge < -0.3 is 19.7 Å². The summed E-state index contributed by atoms with van der Waals surface area (Å²) in [5.74, 6) is 0.938. The average Bonchev–Trinajstić information content (AvgIpc) is 3.02. The van der Waals surface area contributed by atoms with Gasteiger partial charge in [-0.15, -0.1) is 0 Å². The molecule has 177 valence electrons. The van der Waals surface area contributed by atoms with Crippen LogP contribution in [0.2, 0.25) is 0 Å². The van der Waals surface area contributed by atoms with Crippen molar-refractivity contribution in [2.45, 2.75) is 50.9 Å². The van der Waals surface area contributed by atoms with E-state index in [1.165, 1.54) is 0 Å². The van der Waals surface area contributed by atoms with Gasteiger partial charge in [0.05, 0.1) is 25.4 Å². The number of esters is 1. The predicted octanol–water partition coefficient (Wildman–Crippen LogP) is 3.14. The number of ether oxygens (including phenoxy) is 2. The molecule has 2 N–H and O–H groups in total. The van der Waals surface area contributed by atoms with Crippen LogP contribution in [-0.4, -0.2) is 59.4 Å². The summed E-state index contributed by atoms with van der Waals surface area (Å²) in [5, 5.41) is 20.8. The second kappa shape index (κ2) is 14.5. The Morgan fingerprint density at radius 1 is 1.34 bits per heavy atom. The summed E-state index contributed by atoms with van der Waals surface area (Å²) in [5.41, 5.74) is 2.06. The van der Waals surface area contributed by atoms with Gasteiger partial charge in [0.25, 0.3) is 0 Å². The number of rotatable bonds is 14. The minimum atomic E-state index is -0.705. The third-order valence-electron chi connectivity index (χ3n) is 5.54. The highest BCUT2D eigenvalue weighted by molar-refractivity contribution is 7.99. The first-order valence-electron chi connectivity index (χ1n) is 11.1. The number of Topliss-reactive ketones (excluding diaryl/α,β-unsaturated/α-hetero) is 1. The van der Waals surface area contributed by atoms with Crippen LogP contribution in [0.25, 0.3) is 0 Å². The van der Waals surface area contributed by atoms with E-state index in [-0.39, 0.29) is 36.6 Å². The van der Waals surface area contributed by atoms with E-state index in [0.29, 0.717) is 25.9 Å². The minimum Gasteiger partial charge on any atom is -0.466 e. The normalized spacial score (nSPS) is 21.9. The molecule has 32 heavy (non-hydrogen) atoms. The Bertz CT molecular complexity index is 750. The van der Waals surface area contributed by atoms with Crippen molar-refractivity contribution in [1.29, 1.82) is 0 Å². The van der Waals surface area contributed by atoms with Crippen LogP contribution in [0, 0.1) is 18.8 Å². The number of hydrogen-bond donors (Lipinski definition) is 2. The van der Waals surface area contributed by atoms with Crippen LogP contribution in [0.3, 0.4) is 0 Å². The first kappa shape index (κ1) is 26.6. The summed E-state index contributed by atoms with van der Waals surface area (Å²) in [7, 11) is 1.65. The molecule has 0 aliphatic heterocycles. The molecule has 0 heterocycles. The molecule has 1 radical (unpaired) electrons. The van der Waals surface area contributed by atoms with E-state index >= 15 is 0 Å². The molecular formula is C25H35O6S. The summed E-state index contributed by atoms with van der Waals surface area (Å²) in [6.07, 6.45) is 4.51. The van der Waals surface area contributed by atoms with Gasteiger partial charge in [-0.3, -0.25) is 9.59 Å². The second-order valence-corrected chi connectivity index (χ2v) is 9.28. The number of benzene rings is 1. The van der Waals surface area contributed by atoms with Crippen LogP contribution in [0.15, 0.2) is 36.4 Å². The van der Waals surface area contributed by atoms with Gasteiger partial charge in [0.2, 0.25) is 0 Å². The van der Waals surface area contributed by atoms with Crippen molar-refractivity contribution in [1.82, 2.24) is 0 Å². The number of methoxy groups -OCH3 is 1. The van der Waals surface area contributed by atoms with Gasteiger partial charge in [-0.1, -0.05) is 36.4 Å². The van der Waals surface area contributed by atoms with Gasteiger partial charge in [-0.25, -0.2) is 0 Å². The van der Waals surface area contributed by atoms with Crippen LogP contribution in [0.1, 0.15) is 36.8 Å². The lowest BCUT2D eigenvalue weighted by Crippen LogP contribution is -2.20. The topological polar surface area (TPSA) is 93.1 Å². The lowest BCUT2D eigenvalue weighted by Gasteiger charge is -2.18. The maximum atomic E-state index is 12.4. The molecule has 1 saturated carbocycles. The third kappa shape index (κ3) is 9.06. The zero-order valence-electron chi connectivity index (χ0n) is 18.8. The van der Waals surface area contributed by atoms with E-state index in [2.05, 4.69) is 6.92 Å². The summed E-state index contributed by atoms with van der Waals surface area (Å²) >= 11 is 1.70. The van der Waals surface area contributed by atoms with E-state index in [0.717, 1.165) is 29.1 Å². The molecule has 4 atom stereocenters. The summed E-state index contributed by atoms with van der Waals surface area (Å²) in [6, 6.07) is 7.89. The van der Waals surface area contributed by atoms with Crippen molar-refractivity contribution in [2.24, 2.45) is 11.8 Å². The number of hydrogen-bond acceptors (Lipinski definition) is 7. The quantitative estimate of drug-likeness (QED) is 0.249. The first-order chi connectivity index (χ1) is 15.4. The number of aliphatic hydroxyl groups excluding tert-OH is 2. The average molecular weight is 464 g/mol. The molecule has 1 aromatic rings. The SMILES string of the molecule is [CH2]COC(=O)CCCSCC[C@H]1C(=O)C[C@@H](O)[C@@H]1/C=C/[C@@H](O)Cc1cccc(COC)c1. The van der Waals surface area contributed by atoms with Crippen LogP contribution in [0.4, 0.5) is 0 Å². The molecule has 0 unspecified atom stereocenters. The van der Waals surface area contributed by atoms with Crippen molar-refractivity contribution in [2.75, 3.05) is 25.2 Å². The van der Waals surface area contributed by atoms with Crippen molar-refractivity contribution in [3.05, 3.63) is 54.5 Å². The Hall–Kier alpha value is -1.67. The van der Waals surface area contributed by atoms with Crippen molar-refractivity contribution in [3.63, 3.8) is 0 Å². The van der Waals surface area contributed by atoms with Gasteiger partial charge >= 0.3 is 5.97 Å². The monoisotopic (exact) mass is 463 g/mol. The van der Waals surface area contributed by atoms with E-state index in [4.69, 9.17) is 9.47 Å². The van der Waals surface area contributed by atoms with Gasteiger partial charge in [-0.05, 0) is 42.4 Å². The highest BCUT2D eigenvalue weighted by Crippen LogP contribution is 2.34. The van der Waals surface area contributed by atoms with E-state index in [1.807, 2.05) is 30.3 Å². The molecule has 1 fully saturated rings. The third-order valence-corrected chi connectivity index (χ3v) is 6.64. The minimum absolute atomic E-state index is 0.0773. The Labute approximate surface area is 195 Å². The van der Waals surface area contributed by atoms with E-state index in [1.54, 1.807) is 24.9 Å². The lowest BCUT2D eigenvalue weighted by molar-refractivity contribution is -0.142. The summed E-state index contributed by atoms with van der Waals surface area (Å²) in [6.45, 7) is 4.16. The number of aliphatic hydroxyl groups is 2. The second-order valence-electron chi connectivity index (χ2n) is 8.06. The Morgan fingerprint density at radius 2 is 2.12 bits per heavy atom. The molecule has 0 spiro atoms. The number of ketones is 1. The maximum absolute atomic E-state index is 12.4. The molecule has 1 aliphatic rings. The van der Waals surface area contributed by atoms with Gasteiger partial charge in [0.15, 0.2) is 0 Å². The lowest BCUT2D eigenvalue weighted by atomic mass is 9.91. The zero-order valence-corrected chi connectivity index (χ0v) is 19.6. The Balaban J connectivity index is 1.80. The largest absolute Gasteiger partial charge is 0.466 e. The fourth-order valence-electron chi connectivity index (χ4n) is 3.99. The summed E-state index contributed by atoms with van der Waals surface area (Å²) < 4.78 is 9.95. The van der Waals surface area contributed by atoms with E-state index < -0.39 is 12.2 Å². The molecule has 0 bridgehead atoms. The molecule has 1 aromatic carbocycles. The Morgan fingerprint density at radius 3 is 2.88 bits per heavy atom. The molecule has 0 aromatic heterocycles. The molecule has 0 saturated heterocycles. The molecule has 2 rings (SSSR count). The smallest absolute Gasteiger partial charge is 0.305 e. The van der Waals surface area contributed by atoms with Crippen LogP contribution in [0.5, 0.6) is 0 Å². The standard InChI is InChI=1S/C25H35O6S/c1-3-31-25(29)8-5-12-32-13-11-22-21(23(27)16-24(22)28)10-9-20(26)15-18-6-4-7-19(14-18)17-30-2/h4,6-7,9-10,14,20-23,26-27H,1,3,5,8,11-13,15-17H2,2H3/b10-9+/t20-,21-,22-,23-/m1/s1. The zero-order chi connectivity index (χ0) is 23.3. The van der Waals surface area contributed by atoms with Gasteiger partial charge in [0, 0.05) is 38.2 Å². The predicted molar refractivity (Wildman–Crippen MR) is 126 cm³/mol. The summed E-state index contributed by atoms with van der Waals surface area (Å²) in [4.78, 5) is 23.7. The van der Waals surface area contributed by atoms with Gasteiger partial charge in [-0.2, -0.15) is 11.8 Å². The van der Waals surface area contributed by atoms with Crippen molar-refractivity contribution in [3.8, 4) is 0 Å².